The molecule has 27 heavy (non-hydrogen) atoms. The molecule has 1 aromatic carbocycles. The predicted molar refractivity (Wildman–Crippen MR) is 107 cm³/mol. The average molecular weight is 396 g/mol. The molecule has 0 aliphatic heterocycles. The molecule has 0 saturated carbocycles. The molecule has 0 bridgehead atoms. The van der Waals surface area contributed by atoms with Crippen molar-refractivity contribution in [1.82, 2.24) is 15.2 Å². The van der Waals surface area contributed by atoms with Crippen molar-refractivity contribution >= 4 is 33.7 Å². The first-order chi connectivity index (χ1) is 13.0. The number of rotatable bonds is 4. The number of anilines is 1. The van der Waals surface area contributed by atoms with Crippen molar-refractivity contribution in [3.8, 4) is 22.0 Å². The monoisotopic (exact) mass is 396 g/mol. The van der Waals surface area contributed by atoms with Crippen LogP contribution < -0.4 is 5.32 Å². The number of aryl methyl sites for hydroxylation is 3. The van der Waals surface area contributed by atoms with Crippen LogP contribution >= 0.6 is 22.7 Å². The molecule has 3 heterocycles. The lowest BCUT2D eigenvalue weighted by Crippen LogP contribution is -2.11. The number of nitrogens with one attached hydrogen (secondary N) is 1. The van der Waals surface area contributed by atoms with Crippen LogP contribution in [0.25, 0.3) is 22.0 Å². The van der Waals surface area contributed by atoms with Gasteiger partial charge in [-0.25, -0.2) is 4.98 Å². The maximum Gasteiger partial charge on any atom is 0.257 e. The quantitative estimate of drug-likeness (QED) is 0.519. The van der Waals surface area contributed by atoms with Gasteiger partial charge in [0.2, 0.25) is 11.8 Å². The van der Waals surface area contributed by atoms with Gasteiger partial charge in [-0.1, -0.05) is 6.07 Å². The third-order valence-corrected chi connectivity index (χ3v) is 5.78. The van der Waals surface area contributed by atoms with Crippen molar-refractivity contribution in [2.45, 2.75) is 20.8 Å². The number of aromatic nitrogens is 3. The average Bonchev–Trinajstić information content (AvgIpc) is 3.35. The summed E-state index contributed by atoms with van der Waals surface area (Å²) >= 11 is 3.16. The highest BCUT2D eigenvalue weighted by Crippen LogP contribution is 2.34. The molecule has 0 radical (unpaired) electrons. The molecule has 3 aromatic heterocycles. The fourth-order valence-corrected chi connectivity index (χ4v) is 4.42. The van der Waals surface area contributed by atoms with Crippen molar-refractivity contribution in [3.05, 3.63) is 57.6 Å². The summed E-state index contributed by atoms with van der Waals surface area (Å²) in [7, 11) is 0. The molecule has 0 saturated heterocycles. The number of amides is 1. The summed E-state index contributed by atoms with van der Waals surface area (Å²) in [5.41, 5.74) is 2.13. The van der Waals surface area contributed by atoms with Gasteiger partial charge in [-0.05, 0) is 44.2 Å². The first kappa shape index (κ1) is 17.6. The van der Waals surface area contributed by atoms with Gasteiger partial charge in [0.1, 0.15) is 0 Å². The molecule has 0 atom stereocenters. The van der Waals surface area contributed by atoms with E-state index in [0.717, 1.165) is 15.4 Å². The van der Waals surface area contributed by atoms with Crippen molar-refractivity contribution in [2.75, 3.05) is 5.32 Å². The van der Waals surface area contributed by atoms with Crippen LogP contribution in [-0.4, -0.2) is 21.1 Å². The van der Waals surface area contributed by atoms with Gasteiger partial charge in [-0.2, -0.15) is 0 Å². The number of hydrogen-bond donors (Lipinski definition) is 1. The minimum Gasteiger partial charge on any atom is -0.421 e. The summed E-state index contributed by atoms with van der Waals surface area (Å²) in [6.45, 7) is 5.80. The second-order valence-electron chi connectivity index (χ2n) is 6.00. The summed E-state index contributed by atoms with van der Waals surface area (Å²) in [6.07, 6.45) is 0. The Balaban J connectivity index is 1.56. The van der Waals surface area contributed by atoms with Gasteiger partial charge in [0, 0.05) is 27.8 Å². The van der Waals surface area contributed by atoms with E-state index >= 15 is 0 Å². The zero-order valence-electron chi connectivity index (χ0n) is 14.9. The second kappa shape index (κ2) is 7.05. The van der Waals surface area contributed by atoms with Gasteiger partial charge in [0.05, 0.1) is 10.6 Å². The molecule has 0 unspecified atom stereocenters. The van der Waals surface area contributed by atoms with Crippen molar-refractivity contribution in [2.24, 2.45) is 0 Å². The summed E-state index contributed by atoms with van der Waals surface area (Å²) in [5.74, 6) is 0.646. The van der Waals surface area contributed by atoms with E-state index in [9.17, 15) is 4.79 Å². The van der Waals surface area contributed by atoms with Gasteiger partial charge in [-0.3, -0.25) is 10.1 Å². The topological polar surface area (TPSA) is 80.9 Å². The highest BCUT2D eigenvalue weighted by Gasteiger charge is 2.15. The molecule has 8 heteroatoms. The fraction of sp³-hybridized carbons (Fsp3) is 0.158. The van der Waals surface area contributed by atoms with Gasteiger partial charge in [0.25, 0.3) is 5.91 Å². The van der Waals surface area contributed by atoms with E-state index in [1.165, 1.54) is 16.2 Å². The Kier molecular flexibility index (Phi) is 4.59. The van der Waals surface area contributed by atoms with Gasteiger partial charge in [0.15, 0.2) is 5.13 Å². The Hall–Kier alpha value is -2.84. The third kappa shape index (κ3) is 3.67. The predicted octanol–water partition coefficient (Wildman–Crippen LogP) is 5.10. The summed E-state index contributed by atoms with van der Waals surface area (Å²) in [4.78, 5) is 20.7. The molecule has 4 rings (SSSR count). The van der Waals surface area contributed by atoms with E-state index in [1.54, 1.807) is 36.5 Å². The summed E-state index contributed by atoms with van der Waals surface area (Å²) < 4.78 is 5.43. The minimum atomic E-state index is -0.226. The number of benzene rings is 1. The van der Waals surface area contributed by atoms with Crippen LogP contribution in [-0.2, 0) is 0 Å². The van der Waals surface area contributed by atoms with Crippen LogP contribution in [0.5, 0.6) is 0 Å². The third-order valence-electron chi connectivity index (χ3n) is 3.89. The first-order valence-electron chi connectivity index (χ1n) is 8.26. The maximum absolute atomic E-state index is 12.7. The lowest BCUT2D eigenvalue weighted by Gasteiger charge is -2.03. The number of thiazole rings is 1. The van der Waals surface area contributed by atoms with Gasteiger partial charge < -0.3 is 4.42 Å². The van der Waals surface area contributed by atoms with Crippen molar-refractivity contribution in [3.63, 3.8) is 0 Å². The molecule has 0 aliphatic carbocycles. The van der Waals surface area contributed by atoms with E-state index in [-0.39, 0.29) is 5.91 Å². The molecular formula is C19H16N4O2S2. The zero-order valence-corrected chi connectivity index (χ0v) is 16.6. The Labute approximate surface area is 163 Å². The van der Waals surface area contributed by atoms with Gasteiger partial charge in [-0.15, -0.1) is 32.9 Å². The Morgan fingerprint density at radius 2 is 1.93 bits per heavy atom. The molecule has 0 fully saturated rings. The highest BCUT2D eigenvalue weighted by atomic mass is 32.1. The van der Waals surface area contributed by atoms with Crippen LogP contribution in [0.2, 0.25) is 0 Å². The van der Waals surface area contributed by atoms with Crippen LogP contribution in [0.1, 0.15) is 26.0 Å². The van der Waals surface area contributed by atoms with E-state index in [1.807, 2.05) is 13.0 Å². The van der Waals surface area contributed by atoms with E-state index < -0.39 is 0 Å². The van der Waals surface area contributed by atoms with Crippen molar-refractivity contribution in [1.29, 1.82) is 0 Å². The Morgan fingerprint density at radius 3 is 2.63 bits per heavy atom. The smallest absolute Gasteiger partial charge is 0.257 e. The largest absolute Gasteiger partial charge is 0.421 e. The first-order valence-corrected chi connectivity index (χ1v) is 9.89. The van der Waals surface area contributed by atoms with E-state index in [4.69, 9.17) is 4.42 Å². The highest BCUT2D eigenvalue weighted by molar-refractivity contribution is 7.18. The molecule has 1 N–H and O–H groups in total. The Bertz CT molecular complexity index is 1130. The van der Waals surface area contributed by atoms with E-state index in [2.05, 4.69) is 39.6 Å². The summed E-state index contributed by atoms with van der Waals surface area (Å²) in [6, 6.07) is 11.2. The summed E-state index contributed by atoms with van der Waals surface area (Å²) in [5, 5.41) is 11.3. The molecule has 0 spiro atoms. The van der Waals surface area contributed by atoms with Crippen LogP contribution in [0.3, 0.4) is 0 Å². The maximum atomic E-state index is 12.7. The van der Waals surface area contributed by atoms with Crippen LogP contribution in [0, 0.1) is 20.8 Å². The lowest BCUT2D eigenvalue weighted by molar-refractivity contribution is 0.102. The number of nitrogens with zero attached hydrogens (tertiary/aromatic N) is 3. The molecule has 136 valence electrons. The molecular weight excluding hydrogens is 380 g/mol. The standard InChI is InChI=1S/C19H16N4O2S2/c1-10-7-8-15(26-10)16-11(2)27-19(20-16)21-17(24)13-5-4-6-14(9-13)18-23-22-12(3)25-18/h4-9H,1-3H3,(H,20,21,24). The molecule has 4 aromatic rings. The second-order valence-corrected chi connectivity index (χ2v) is 8.49. The minimum absolute atomic E-state index is 0.226. The molecule has 1 amide bonds. The molecule has 0 aliphatic rings. The fourth-order valence-electron chi connectivity index (χ4n) is 2.62. The number of thiophene rings is 1. The SMILES string of the molecule is Cc1nnc(-c2cccc(C(=O)Nc3nc(-c4ccc(C)s4)c(C)s3)c2)o1. The number of hydrogen-bond acceptors (Lipinski definition) is 7. The lowest BCUT2D eigenvalue weighted by atomic mass is 10.1. The Morgan fingerprint density at radius 1 is 1.07 bits per heavy atom. The molecule has 6 nitrogen and oxygen atoms in total. The number of carbonyl (C=O) groups excluding carboxylic acids is 1. The van der Waals surface area contributed by atoms with E-state index in [0.29, 0.717) is 28.0 Å². The van der Waals surface area contributed by atoms with Crippen molar-refractivity contribution < 1.29 is 9.21 Å². The number of carbonyl (C=O) groups is 1. The van der Waals surface area contributed by atoms with Crippen LogP contribution in [0.15, 0.2) is 40.8 Å². The zero-order chi connectivity index (χ0) is 19.0. The normalized spacial score (nSPS) is 10.9. The van der Waals surface area contributed by atoms with Crippen LogP contribution in [0.4, 0.5) is 5.13 Å². The van der Waals surface area contributed by atoms with Gasteiger partial charge >= 0.3 is 0 Å².